The standard InChI is InChI=1S/C40H29NS/c1-3-11-28(12-4-1)30-21-23-34(24-22-30)41(33-15-5-2-6-16-33)37-26-25-36-35-17-9-10-18-38(35)42-40(36)39(37)32-20-19-29-13-7-8-14-31(29)27-32/h1-11,13-28H,12H2. The van der Waals surface area contributed by atoms with Gasteiger partial charge in [0.15, 0.2) is 0 Å². The highest BCUT2D eigenvalue weighted by molar-refractivity contribution is 7.26. The minimum Gasteiger partial charge on any atom is -0.310 e. The molecular formula is C40H29NS. The molecule has 0 radical (unpaired) electrons. The van der Waals surface area contributed by atoms with E-state index in [0.29, 0.717) is 5.92 Å². The fourth-order valence-corrected chi connectivity index (χ4v) is 7.56. The van der Waals surface area contributed by atoms with E-state index in [4.69, 9.17) is 0 Å². The van der Waals surface area contributed by atoms with Crippen molar-refractivity contribution < 1.29 is 0 Å². The number of allylic oxidation sites excluding steroid dienone is 4. The van der Waals surface area contributed by atoms with Crippen LogP contribution < -0.4 is 4.90 Å². The summed E-state index contributed by atoms with van der Waals surface area (Å²) in [5, 5.41) is 5.14. The van der Waals surface area contributed by atoms with Crippen molar-refractivity contribution in [1.29, 1.82) is 0 Å². The normalized spacial score (nSPS) is 14.6. The van der Waals surface area contributed by atoms with Crippen LogP contribution in [0.25, 0.3) is 42.1 Å². The molecule has 6 aromatic carbocycles. The molecule has 0 saturated heterocycles. The van der Waals surface area contributed by atoms with Crippen LogP contribution >= 0.6 is 11.3 Å². The van der Waals surface area contributed by atoms with Crippen LogP contribution in [0.4, 0.5) is 17.1 Å². The van der Waals surface area contributed by atoms with E-state index in [1.807, 2.05) is 11.3 Å². The Morgan fingerprint density at radius 1 is 0.595 bits per heavy atom. The molecule has 8 rings (SSSR count). The molecule has 0 bridgehead atoms. The first-order chi connectivity index (χ1) is 20.8. The Balaban J connectivity index is 1.38. The predicted molar refractivity (Wildman–Crippen MR) is 183 cm³/mol. The number of para-hydroxylation sites is 1. The average Bonchev–Trinajstić information content (AvgIpc) is 3.44. The number of nitrogens with zero attached hydrogens (tertiary/aromatic N) is 1. The zero-order valence-electron chi connectivity index (χ0n) is 23.2. The summed E-state index contributed by atoms with van der Waals surface area (Å²) in [6, 6.07) is 48.9. The molecule has 0 fully saturated rings. The van der Waals surface area contributed by atoms with Gasteiger partial charge in [0.1, 0.15) is 0 Å². The van der Waals surface area contributed by atoms with Crippen molar-refractivity contribution in [1.82, 2.24) is 0 Å². The molecule has 1 aliphatic carbocycles. The Hall–Kier alpha value is -4.92. The number of thiophene rings is 1. The number of fused-ring (bicyclic) bond motifs is 4. The topological polar surface area (TPSA) is 3.24 Å². The Morgan fingerprint density at radius 2 is 1.36 bits per heavy atom. The van der Waals surface area contributed by atoms with E-state index < -0.39 is 0 Å². The van der Waals surface area contributed by atoms with Gasteiger partial charge >= 0.3 is 0 Å². The number of anilines is 3. The molecule has 0 aliphatic heterocycles. The van der Waals surface area contributed by atoms with Gasteiger partial charge in [-0.3, -0.25) is 0 Å². The first-order valence-corrected chi connectivity index (χ1v) is 15.4. The lowest BCUT2D eigenvalue weighted by Gasteiger charge is -2.29. The number of hydrogen-bond donors (Lipinski definition) is 0. The number of hydrogen-bond acceptors (Lipinski definition) is 2. The summed E-state index contributed by atoms with van der Waals surface area (Å²) >= 11 is 1.89. The zero-order chi connectivity index (χ0) is 27.9. The van der Waals surface area contributed by atoms with E-state index in [1.165, 1.54) is 53.3 Å². The summed E-state index contributed by atoms with van der Waals surface area (Å²) < 4.78 is 2.64. The Morgan fingerprint density at radius 3 is 2.19 bits per heavy atom. The lowest BCUT2D eigenvalue weighted by molar-refractivity contribution is 0.854. The molecule has 1 heterocycles. The van der Waals surface area contributed by atoms with Crippen LogP contribution in [0.1, 0.15) is 17.9 Å². The molecule has 0 amide bonds. The second-order valence-electron chi connectivity index (χ2n) is 10.9. The van der Waals surface area contributed by atoms with Gasteiger partial charge in [0.05, 0.1) is 5.69 Å². The molecule has 200 valence electrons. The first-order valence-electron chi connectivity index (χ1n) is 14.6. The van der Waals surface area contributed by atoms with Crippen LogP contribution in [0, 0.1) is 0 Å². The average molecular weight is 556 g/mol. The SMILES string of the molecule is C1=CCC(c2ccc(N(c3ccccc3)c3ccc4c(sc5ccccc54)c3-c3ccc4ccccc4c3)cc2)C=C1. The van der Waals surface area contributed by atoms with Crippen molar-refractivity contribution in [3.8, 4) is 11.1 Å². The second kappa shape index (κ2) is 10.5. The third-order valence-corrected chi connectivity index (χ3v) is 9.58. The maximum atomic E-state index is 2.43. The van der Waals surface area contributed by atoms with Gasteiger partial charge in [0.2, 0.25) is 0 Å². The molecule has 2 heteroatoms. The van der Waals surface area contributed by atoms with Gasteiger partial charge < -0.3 is 4.90 Å². The Labute approximate surface area is 250 Å². The lowest BCUT2D eigenvalue weighted by atomic mass is 9.92. The summed E-state index contributed by atoms with van der Waals surface area (Å²) in [5.41, 5.74) is 7.34. The Bertz CT molecular complexity index is 2120. The maximum absolute atomic E-state index is 2.43. The minimum absolute atomic E-state index is 0.428. The maximum Gasteiger partial charge on any atom is 0.0554 e. The van der Waals surface area contributed by atoms with Crippen molar-refractivity contribution in [2.45, 2.75) is 12.3 Å². The highest BCUT2D eigenvalue weighted by Gasteiger charge is 2.22. The first kappa shape index (κ1) is 24.8. The molecule has 1 nitrogen and oxygen atoms in total. The fourth-order valence-electron chi connectivity index (χ4n) is 6.29. The molecule has 0 N–H and O–H groups in total. The third kappa shape index (κ3) is 4.32. The fraction of sp³-hybridized carbons (Fsp3) is 0.0500. The smallest absolute Gasteiger partial charge is 0.0554 e. The highest BCUT2D eigenvalue weighted by atomic mass is 32.1. The summed E-state index contributed by atoms with van der Waals surface area (Å²) in [6.07, 6.45) is 9.91. The van der Waals surface area contributed by atoms with Gasteiger partial charge in [-0.2, -0.15) is 0 Å². The van der Waals surface area contributed by atoms with Gasteiger partial charge in [-0.05, 0) is 70.8 Å². The summed E-state index contributed by atoms with van der Waals surface area (Å²) in [4.78, 5) is 2.43. The molecule has 1 aliphatic rings. The highest BCUT2D eigenvalue weighted by Crippen LogP contribution is 2.48. The second-order valence-corrected chi connectivity index (χ2v) is 12.0. The van der Waals surface area contributed by atoms with Crippen molar-refractivity contribution in [3.63, 3.8) is 0 Å². The minimum atomic E-state index is 0.428. The van der Waals surface area contributed by atoms with Crippen LogP contribution in [0.15, 0.2) is 158 Å². The number of rotatable bonds is 5. The van der Waals surface area contributed by atoms with Crippen LogP contribution in [0.2, 0.25) is 0 Å². The molecule has 1 atom stereocenters. The van der Waals surface area contributed by atoms with E-state index >= 15 is 0 Å². The van der Waals surface area contributed by atoms with Gasteiger partial charge in [0.25, 0.3) is 0 Å². The van der Waals surface area contributed by atoms with Gasteiger partial charge in [0, 0.05) is 43.0 Å². The van der Waals surface area contributed by atoms with E-state index in [2.05, 4.69) is 163 Å². The predicted octanol–water partition coefficient (Wildman–Crippen LogP) is 11.9. The van der Waals surface area contributed by atoms with Crippen LogP contribution in [0.5, 0.6) is 0 Å². The van der Waals surface area contributed by atoms with E-state index in [1.54, 1.807) is 0 Å². The molecular weight excluding hydrogens is 527 g/mol. The van der Waals surface area contributed by atoms with Crippen LogP contribution in [-0.4, -0.2) is 0 Å². The van der Waals surface area contributed by atoms with Gasteiger partial charge in [-0.1, -0.05) is 115 Å². The van der Waals surface area contributed by atoms with Crippen molar-refractivity contribution in [2.75, 3.05) is 4.90 Å². The summed E-state index contributed by atoms with van der Waals surface area (Å²) in [7, 11) is 0. The summed E-state index contributed by atoms with van der Waals surface area (Å²) in [5.74, 6) is 0.428. The molecule has 42 heavy (non-hydrogen) atoms. The molecule has 0 spiro atoms. The Kier molecular flexibility index (Phi) is 6.20. The van der Waals surface area contributed by atoms with Crippen molar-refractivity contribution >= 4 is 59.3 Å². The largest absolute Gasteiger partial charge is 0.310 e. The molecule has 7 aromatic rings. The third-order valence-electron chi connectivity index (χ3n) is 8.38. The quantitative estimate of drug-likeness (QED) is 0.204. The van der Waals surface area contributed by atoms with E-state index in [0.717, 1.165) is 17.8 Å². The van der Waals surface area contributed by atoms with Crippen LogP contribution in [-0.2, 0) is 0 Å². The van der Waals surface area contributed by atoms with Crippen LogP contribution in [0.3, 0.4) is 0 Å². The summed E-state index contributed by atoms with van der Waals surface area (Å²) in [6.45, 7) is 0. The van der Waals surface area contributed by atoms with E-state index in [9.17, 15) is 0 Å². The van der Waals surface area contributed by atoms with E-state index in [-0.39, 0.29) is 0 Å². The van der Waals surface area contributed by atoms with Crippen molar-refractivity contribution in [2.24, 2.45) is 0 Å². The van der Waals surface area contributed by atoms with Gasteiger partial charge in [-0.15, -0.1) is 11.3 Å². The molecule has 0 saturated carbocycles. The monoisotopic (exact) mass is 555 g/mol. The van der Waals surface area contributed by atoms with Gasteiger partial charge in [-0.25, -0.2) is 0 Å². The lowest BCUT2D eigenvalue weighted by Crippen LogP contribution is -2.11. The number of benzene rings is 6. The molecule has 1 aromatic heterocycles. The zero-order valence-corrected chi connectivity index (χ0v) is 24.0. The molecule has 1 unspecified atom stereocenters. The van der Waals surface area contributed by atoms with Crippen molar-refractivity contribution in [3.05, 3.63) is 163 Å².